The molecule has 140 valence electrons. The molecule has 0 heterocycles. The molecule has 4 nitrogen and oxygen atoms in total. The van der Waals surface area contributed by atoms with Crippen molar-refractivity contribution >= 4 is 10.0 Å². The molecule has 0 saturated heterocycles. The summed E-state index contributed by atoms with van der Waals surface area (Å²) in [6.07, 6.45) is 2.06. The highest BCUT2D eigenvalue weighted by atomic mass is 32.2. The first-order valence-corrected chi connectivity index (χ1v) is 10.6. The molecule has 2 aromatic carbocycles. The Hall–Kier alpha value is -1.85. The van der Waals surface area contributed by atoms with Crippen molar-refractivity contribution in [1.82, 2.24) is 0 Å². The van der Waals surface area contributed by atoms with Crippen LogP contribution in [0.2, 0.25) is 0 Å². The molecule has 0 radical (unpaired) electrons. The highest BCUT2D eigenvalue weighted by molar-refractivity contribution is 7.89. The molecule has 5 heteroatoms. The summed E-state index contributed by atoms with van der Waals surface area (Å²) in [5, 5.41) is 5.19. The Morgan fingerprint density at radius 1 is 1.08 bits per heavy atom. The summed E-state index contributed by atoms with van der Waals surface area (Å²) in [5.41, 5.74) is 2.65. The standard InChI is InChI=1S/C21H27NO3S/c1-4-25-19-8-6-5-7-15(19)11-14-18-20(21(18,2)3)16-9-12-17(13-10-16)26(22,23)24/h5-10,12-13,18,20H,4,11,14H2,1-3H3,(H2,22,23,24)/t18-,20-/m1/s1. The molecular weight excluding hydrogens is 346 g/mol. The van der Waals surface area contributed by atoms with Gasteiger partial charge in [0.05, 0.1) is 11.5 Å². The van der Waals surface area contributed by atoms with Gasteiger partial charge in [0.2, 0.25) is 10.0 Å². The summed E-state index contributed by atoms with van der Waals surface area (Å²) in [6.45, 7) is 7.24. The van der Waals surface area contributed by atoms with Crippen molar-refractivity contribution in [3.63, 3.8) is 0 Å². The number of hydrogen-bond donors (Lipinski definition) is 1. The van der Waals surface area contributed by atoms with E-state index in [1.165, 1.54) is 11.1 Å². The molecule has 0 aromatic heterocycles. The molecular formula is C21H27NO3S. The first-order chi connectivity index (χ1) is 12.2. The molecule has 2 N–H and O–H groups in total. The quantitative estimate of drug-likeness (QED) is 0.794. The second-order valence-corrected chi connectivity index (χ2v) is 9.16. The first kappa shape index (κ1) is 18.9. The maximum absolute atomic E-state index is 11.4. The maximum Gasteiger partial charge on any atom is 0.238 e. The fourth-order valence-corrected chi connectivity index (χ4v) is 4.64. The van der Waals surface area contributed by atoms with Crippen molar-refractivity contribution in [2.75, 3.05) is 6.61 Å². The summed E-state index contributed by atoms with van der Waals surface area (Å²) in [7, 11) is -3.64. The van der Waals surface area contributed by atoms with E-state index in [1.807, 2.05) is 31.2 Å². The van der Waals surface area contributed by atoms with Gasteiger partial charge in [0.1, 0.15) is 5.75 Å². The Balaban J connectivity index is 1.71. The number of primary sulfonamides is 1. The Labute approximate surface area is 156 Å². The third-order valence-corrected chi connectivity index (χ3v) is 6.54. The van der Waals surface area contributed by atoms with E-state index in [2.05, 4.69) is 26.0 Å². The van der Waals surface area contributed by atoms with Crippen LogP contribution in [0.15, 0.2) is 53.4 Å². The average Bonchev–Trinajstić information content (AvgIpc) is 3.14. The lowest BCUT2D eigenvalue weighted by atomic mass is 10.0. The van der Waals surface area contributed by atoms with Gasteiger partial charge in [0.25, 0.3) is 0 Å². The SMILES string of the molecule is CCOc1ccccc1CC[C@@H]1[C@@H](c2ccc(S(N)(=O)=O)cc2)C1(C)C. The number of nitrogens with two attached hydrogens (primary N) is 1. The van der Waals surface area contributed by atoms with Crippen LogP contribution in [0.25, 0.3) is 0 Å². The number of ether oxygens (including phenoxy) is 1. The summed E-state index contributed by atoms with van der Waals surface area (Å²) in [5.74, 6) is 1.98. The van der Waals surface area contributed by atoms with Crippen molar-refractivity contribution in [3.05, 3.63) is 59.7 Å². The van der Waals surface area contributed by atoms with Gasteiger partial charge in [-0.1, -0.05) is 44.2 Å². The highest BCUT2D eigenvalue weighted by Crippen LogP contribution is 2.66. The molecule has 0 aliphatic heterocycles. The van der Waals surface area contributed by atoms with Crippen molar-refractivity contribution in [1.29, 1.82) is 0 Å². The van der Waals surface area contributed by atoms with Gasteiger partial charge in [-0.15, -0.1) is 0 Å². The topological polar surface area (TPSA) is 69.4 Å². The highest BCUT2D eigenvalue weighted by Gasteiger charge is 2.57. The van der Waals surface area contributed by atoms with Crippen LogP contribution in [0.1, 0.15) is 44.2 Å². The van der Waals surface area contributed by atoms with E-state index in [-0.39, 0.29) is 10.3 Å². The summed E-state index contributed by atoms with van der Waals surface area (Å²) >= 11 is 0. The third kappa shape index (κ3) is 3.79. The predicted octanol–water partition coefficient (Wildman–Crippen LogP) is 4.11. The lowest BCUT2D eigenvalue weighted by Crippen LogP contribution is -2.11. The number of hydrogen-bond acceptors (Lipinski definition) is 3. The van der Waals surface area contributed by atoms with Gasteiger partial charge in [-0.3, -0.25) is 0 Å². The van der Waals surface area contributed by atoms with Gasteiger partial charge in [-0.05, 0) is 66.3 Å². The summed E-state index contributed by atoms with van der Waals surface area (Å²) in [6, 6.07) is 15.3. The van der Waals surface area contributed by atoms with Crippen molar-refractivity contribution in [2.24, 2.45) is 16.5 Å². The Morgan fingerprint density at radius 3 is 2.35 bits per heavy atom. The van der Waals surface area contributed by atoms with Gasteiger partial charge < -0.3 is 4.74 Å². The molecule has 0 spiro atoms. The zero-order chi connectivity index (χ0) is 18.9. The molecule has 1 aliphatic rings. The monoisotopic (exact) mass is 373 g/mol. The fraction of sp³-hybridized carbons (Fsp3) is 0.429. The minimum atomic E-state index is -3.64. The summed E-state index contributed by atoms with van der Waals surface area (Å²) in [4.78, 5) is 0.168. The molecule has 3 rings (SSSR count). The van der Waals surface area contributed by atoms with Crippen LogP contribution < -0.4 is 9.88 Å². The van der Waals surface area contributed by atoms with Crippen LogP contribution in [0, 0.1) is 11.3 Å². The molecule has 1 saturated carbocycles. The second kappa shape index (κ2) is 7.05. The van der Waals surface area contributed by atoms with Gasteiger partial charge in [0, 0.05) is 0 Å². The minimum absolute atomic E-state index is 0.168. The molecule has 1 fully saturated rings. The summed E-state index contributed by atoms with van der Waals surface area (Å²) < 4.78 is 28.6. The fourth-order valence-electron chi connectivity index (χ4n) is 4.13. The van der Waals surface area contributed by atoms with E-state index in [0.29, 0.717) is 18.4 Å². The molecule has 26 heavy (non-hydrogen) atoms. The van der Waals surface area contributed by atoms with Crippen molar-refractivity contribution in [2.45, 2.75) is 44.4 Å². The zero-order valence-electron chi connectivity index (χ0n) is 15.6. The smallest absolute Gasteiger partial charge is 0.238 e. The number of sulfonamides is 1. The second-order valence-electron chi connectivity index (χ2n) is 7.60. The lowest BCUT2D eigenvalue weighted by molar-refractivity contribution is 0.335. The van der Waals surface area contributed by atoms with Gasteiger partial charge in [-0.2, -0.15) is 0 Å². The van der Waals surface area contributed by atoms with Gasteiger partial charge in [0.15, 0.2) is 0 Å². The molecule has 0 amide bonds. The van der Waals surface area contributed by atoms with Gasteiger partial charge in [-0.25, -0.2) is 13.6 Å². The molecule has 0 bridgehead atoms. The van der Waals surface area contributed by atoms with Crippen LogP contribution in [-0.4, -0.2) is 15.0 Å². The largest absolute Gasteiger partial charge is 0.494 e. The van der Waals surface area contributed by atoms with Crippen molar-refractivity contribution in [3.8, 4) is 5.75 Å². The first-order valence-electron chi connectivity index (χ1n) is 9.08. The number of benzene rings is 2. The third-order valence-electron chi connectivity index (χ3n) is 5.62. The molecule has 2 aromatic rings. The van der Waals surface area contributed by atoms with E-state index >= 15 is 0 Å². The van der Waals surface area contributed by atoms with E-state index in [9.17, 15) is 8.42 Å². The number of aryl methyl sites for hydroxylation is 1. The van der Waals surface area contributed by atoms with Crippen LogP contribution >= 0.6 is 0 Å². The maximum atomic E-state index is 11.4. The van der Waals surface area contributed by atoms with E-state index < -0.39 is 10.0 Å². The molecule has 1 aliphatic carbocycles. The average molecular weight is 374 g/mol. The van der Waals surface area contributed by atoms with Crippen molar-refractivity contribution < 1.29 is 13.2 Å². The number of para-hydroxylation sites is 1. The number of rotatable bonds is 7. The normalized spacial score (nSPS) is 21.4. The Bertz CT molecular complexity index is 872. The molecule has 0 unspecified atom stereocenters. The van der Waals surface area contributed by atoms with Crippen LogP contribution in [-0.2, 0) is 16.4 Å². The van der Waals surface area contributed by atoms with E-state index in [4.69, 9.17) is 9.88 Å². The molecule has 2 atom stereocenters. The lowest BCUT2D eigenvalue weighted by Gasteiger charge is -2.10. The zero-order valence-corrected chi connectivity index (χ0v) is 16.4. The van der Waals surface area contributed by atoms with Crippen LogP contribution in [0.4, 0.5) is 0 Å². The predicted molar refractivity (Wildman–Crippen MR) is 104 cm³/mol. The Morgan fingerprint density at radius 2 is 1.73 bits per heavy atom. The minimum Gasteiger partial charge on any atom is -0.494 e. The van der Waals surface area contributed by atoms with Gasteiger partial charge >= 0.3 is 0 Å². The van der Waals surface area contributed by atoms with E-state index in [0.717, 1.165) is 18.6 Å². The van der Waals surface area contributed by atoms with Crippen LogP contribution in [0.3, 0.4) is 0 Å². The van der Waals surface area contributed by atoms with E-state index in [1.54, 1.807) is 12.1 Å². The van der Waals surface area contributed by atoms with Crippen LogP contribution in [0.5, 0.6) is 5.75 Å². The Kier molecular flexibility index (Phi) is 5.13.